The minimum Gasteiger partial charge on any atom is -0.480 e. The van der Waals surface area contributed by atoms with Gasteiger partial charge in [0.05, 0.1) is 31.8 Å². The van der Waals surface area contributed by atoms with Crippen LogP contribution in [0.5, 0.6) is 0 Å². The first-order valence-electron chi connectivity index (χ1n) is 15.8. The first kappa shape index (κ1) is 38.8. The van der Waals surface area contributed by atoms with E-state index < -0.39 is 52.9 Å². The molecule has 14 nitrogen and oxygen atoms in total. The van der Waals surface area contributed by atoms with Crippen LogP contribution < -0.4 is 5.32 Å². The fourth-order valence-corrected chi connectivity index (χ4v) is 5.39. The maximum atomic E-state index is 12.9. The zero-order valence-electron chi connectivity index (χ0n) is 28.8. The summed E-state index contributed by atoms with van der Waals surface area (Å²) in [4.78, 5) is 58.3. The molecule has 0 aliphatic carbocycles. The number of carboxylic acids is 1. The number of carbonyl (C=O) groups is 4. The number of aliphatic hydroxyl groups excluding tert-OH is 1. The number of hydrogen-bond donors (Lipinski definition) is 3. The van der Waals surface area contributed by atoms with Gasteiger partial charge in [-0.1, -0.05) is 0 Å². The predicted octanol–water partition coefficient (Wildman–Crippen LogP) is 0.0190. The highest BCUT2D eigenvalue weighted by Crippen LogP contribution is 2.18. The predicted molar refractivity (Wildman–Crippen MR) is 168 cm³/mol. The van der Waals surface area contributed by atoms with Crippen molar-refractivity contribution in [3.05, 3.63) is 0 Å². The monoisotopic (exact) mass is 643 g/mol. The molecule has 2 saturated heterocycles. The molecular weight excluding hydrogens is 586 g/mol. The minimum absolute atomic E-state index is 0.00395. The van der Waals surface area contributed by atoms with E-state index in [0.29, 0.717) is 52.4 Å². The van der Waals surface area contributed by atoms with Crippen molar-refractivity contribution in [2.75, 3.05) is 78.5 Å². The summed E-state index contributed by atoms with van der Waals surface area (Å²) in [5.74, 6) is -2.22. The standard InChI is InChI=1S/C31H57N5O9/c1-29(2,3)43-23(38)19-33-10-12-34(20-24(39)44-30(4,5)6)14-16-36(27-22(37)18-32-26(27)28(41)42)17-15-35(13-11-33)21-25(40)45-31(7,8)9/h22,26-27,32,37H,10-21H2,1-9H3,(H,41,42)/t22-,26-,27+/m0/s1. The lowest BCUT2D eigenvalue weighted by molar-refractivity contribution is -0.158. The number of esters is 3. The molecule has 0 bridgehead atoms. The summed E-state index contributed by atoms with van der Waals surface area (Å²) in [7, 11) is 0. The van der Waals surface area contributed by atoms with Crippen LogP contribution in [0.25, 0.3) is 0 Å². The van der Waals surface area contributed by atoms with E-state index in [-0.39, 0.29) is 32.1 Å². The van der Waals surface area contributed by atoms with E-state index in [1.54, 1.807) is 41.5 Å². The summed E-state index contributed by atoms with van der Waals surface area (Å²) < 4.78 is 16.7. The Balaban J connectivity index is 2.36. The molecule has 0 unspecified atom stereocenters. The van der Waals surface area contributed by atoms with Crippen molar-refractivity contribution in [2.24, 2.45) is 0 Å². The lowest BCUT2D eigenvalue weighted by Gasteiger charge is -2.38. The van der Waals surface area contributed by atoms with Crippen molar-refractivity contribution < 1.29 is 43.6 Å². The maximum absolute atomic E-state index is 12.9. The highest BCUT2D eigenvalue weighted by Gasteiger charge is 2.43. The van der Waals surface area contributed by atoms with Crippen LogP contribution >= 0.6 is 0 Å². The zero-order chi connectivity index (χ0) is 34.2. The number of nitrogens with one attached hydrogen (secondary N) is 1. The number of rotatable bonds is 8. The highest BCUT2D eigenvalue weighted by atomic mass is 16.6. The second-order valence-corrected chi connectivity index (χ2v) is 14.9. The second kappa shape index (κ2) is 16.5. The number of ether oxygens (including phenoxy) is 3. The van der Waals surface area contributed by atoms with E-state index in [0.717, 1.165) is 0 Å². The van der Waals surface area contributed by atoms with Gasteiger partial charge >= 0.3 is 23.9 Å². The van der Waals surface area contributed by atoms with E-state index in [1.807, 2.05) is 40.4 Å². The molecule has 3 N–H and O–H groups in total. The van der Waals surface area contributed by atoms with Crippen LogP contribution in [0.2, 0.25) is 0 Å². The molecule has 0 aromatic rings. The average Bonchev–Trinajstić information content (AvgIpc) is 3.22. The lowest BCUT2D eigenvalue weighted by Crippen LogP contribution is -2.56. The van der Waals surface area contributed by atoms with Gasteiger partial charge in [0.15, 0.2) is 0 Å². The number of nitrogens with zero attached hydrogens (tertiary/aromatic N) is 4. The van der Waals surface area contributed by atoms with E-state index in [4.69, 9.17) is 14.2 Å². The molecule has 0 spiro atoms. The lowest BCUT2D eigenvalue weighted by atomic mass is 10.1. The van der Waals surface area contributed by atoms with E-state index in [1.165, 1.54) is 0 Å². The van der Waals surface area contributed by atoms with Gasteiger partial charge in [0.25, 0.3) is 0 Å². The zero-order valence-corrected chi connectivity index (χ0v) is 28.8. The summed E-state index contributed by atoms with van der Waals surface area (Å²) >= 11 is 0. The van der Waals surface area contributed by atoms with Crippen molar-refractivity contribution >= 4 is 23.9 Å². The Hall–Kier alpha value is -2.36. The summed E-state index contributed by atoms with van der Waals surface area (Å²) in [6.07, 6.45) is -0.915. The number of carboxylic acid groups (broad SMARTS) is 1. The van der Waals surface area contributed by atoms with Crippen molar-refractivity contribution in [3.63, 3.8) is 0 Å². The second-order valence-electron chi connectivity index (χ2n) is 14.9. The molecule has 2 aliphatic heterocycles. The molecule has 2 rings (SSSR count). The molecule has 0 amide bonds. The smallest absolute Gasteiger partial charge is 0.322 e. The Morgan fingerprint density at radius 2 is 0.933 bits per heavy atom. The molecule has 0 radical (unpaired) electrons. The third kappa shape index (κ3) is 15.2. The van der Waals surface area contributed by atoms with Crippen molar-refractivity contribution in [1.29, 1.82) is 0 Å². The minimum atomic E-state index is -1.06. The van der Waals surface area contributed by atoms with E-state index >= 15 is 0 Å². The summed E-state index contributed by atoms with van der Waals surface area (Å²) in [5.41, 5.74) is -1.97. The first-order valence-corrected chi connectivity index (χ1v) is 15.8. The van der Waals surface area contributed by atoms with Gasteiger partial charge in [-0.2, -0.15) is 0 Å². The molecule has 2 aliphatic rings. The Morgan fingerprint density at radius 1 is 0.622 bits per heavy atom. The first-order chi connectivity index (χ1) is 20.6. The Labute approximate surface area is 268 Å². The molecule has 14 heteroatoms. The third-order valence-corrected chi connectivity index (χ3v) is 7.16. The summed E-state index contributed by atoms with van der Waals surface area (Å²) in [6, 6.07) is -1.68. The molecule has 2 fully saturated rings. The molecule has 0 aromatic carbocycles. The molecular formula is C31H57N5O9. The largest absolute Gasteiger partial charge is 0.480 e. The van der Waals surface area contributed by atoms with E-state index in [2.05, 4.69) is 5.32 Å². The topological polar surface area (TPSA) is 161 Å². The maximum Gasteiger partial charge on any atom is 0.322 e. The average molecular weight is 644 g/mol. The van der Waals surface area contributed by atoms with Gasteiger partial charge < -0.3 is 29.7 Å². The van der Waals surface area contributed by atoms with Gasteiger partial charge in [-0.3, -0.25) is 38.8 Å². The van der Waals surface area contributed by atoms with Crippen LogP contribution in [0, 0.1) is 0 Å². The SMILES string of the molecule is CC(C)(C)OC(=O)CN1CCN(CC(=O)OC(C)(C)C)CCN([C@H]2[C@@H](C(=O)O)NC[C@@H]2O)CCN(CC(=O)OC(C)(C)C)CC1. The molecule has 0 saturated carbocycles. The quantitative estimate of drug-likeness (QED) is 0.240. The number of aliphatic carboxylic acids is 1. The number of carbonyl (C=O) groups excluding carboxylic acids is 3. The molecule has 45 heavy (non-hydrogen) atoms. The van der Waals surface area contributed by atoms with Crippen molar-refractivity contribution in [3.8, 4) is 0 Å². The normalized spacial score (nSPS) is 24.4. The summed E-state index contributed by atoms with van der Waals surface area (Å²) in [5, 5.41) is 23.6. The fraction of sp³-hybridized carbons (Fsp3) is 0.871. The molecule has 2 heterocycles. The fourth-order valence-electron chi connectivity index (χ4n) is 5.39. The van der Waals surface area contributed by atoms with Crippen molar-refractivity contribution in [2.45, 2.75) is 97.3 Å². The van der Waals surface area contributed by atoms with Gasteiger partial charge in [0.2, 0.25) is 0 Å². The number of hydrogen-bond acceptors (Lipinski definition) is 13. The number of β-amino-alcohol motifs (C(OH)–C–C–N with tert-alkyl or cyclic N) is 1. The van der Waals surface area contributed by atoms with Gasteiger partial charge in [-0.05, 0) is 62.3 Å². The van der Waals surface area contributed by atoms with Gasteiger partial charge in [-0.15, -0.1) is 0 Å². The molecule has 260 valence electrons. The Bertz CT molecular complexity index is 959. The van der Waals surface area contributed by atoms with Gasteiger partial charge in [0, 0.05) is 58.9 Å². The third-order valence-electron chi connectivity index (χ3n) is 7.16. The Kier molecular flexibility index (Phi) is 14.2. The van der Waals surface area contributed by atoms with Crippen LogP contribution in [0.1, 0.15) is 62.3 Å². The Morgan fingerprint density at radius 3 is 1.22 bits per heavy atom. The molecule has 3 atom stereocenters. The van der Waals surface area contributed by atoms with Crippen LogP contribution in [0.15, 0.2) is 0 Å². The van der Waals surface area contributed by atoms with Crippen LogP contribution in [0.4, 0.5) is 0 Å². The van der Waals surface area contributed by atoms with Gasteiger partial charge in [0.1, 0.15) is 22.8 Å². The van der Waals surface area contributed by atoms with Crippen LogP contribution in [-0.2, 0) is 33.4 Å². The van der Waals surface area contributed by atoms with Crippen molar-refractivity contribution in [1.82, 2.24) is 24.9 Å². The van der Waals surface area contributed by atoms with E-state index in [9.17, 15) is 29.4 Å². The highest BCUT2D eigenvalue weighted by molar-refractivity contribution is 5.75. The number of aliphatic hydroxyl groups is 1. The van der Waals surface area contributed by atoms with Gasteiger partial charge in [-0.25, -0.2) is 0 Å². The summed E-state index contributed by atoms with van der Waals surface area (Å²) in [6.45, 7) is 19.5. The van der Waals surface area contributed by atoms with Crippen LogP contribution in [0.3, 0.4) is 0 Å². The molecule has 0 aromatic heterocycles. The van der Waals surface area contributed by atoms with Crippen LogP contribution in [-0.4, -0.2) is 167 Å².